The van der Waals surface area contributed by atoms with E-state index in [1.165, 1.54) is 11.2 Å². The molecule has 0 bridgehead atoms. The number of Topliss-reactive ketones (excluding diaryl/α,β-unsaturated/α-hetero) is 1. The highest BCUT2D eigenvalue weighted by molar-refractivity contribution is 6.46. The second-order valence-corrected chi connectivity index (χ2v) is 9.46. The topological polar surface area (TPSA) is 89.2 Å². The third-order valence-electron chi connectivity index (χ3n) is 6.12. The van der Waals surface area contributed by atoms with Crippen molar-refractivity contribution in [2.24, 2.45) is 0 Å². The van der Waals surface area contributed by atoms with Gasteiger partial charge in [0.2, 0.25) is 0 Å². The summed E-state index contributed by atoms with van der Waals surface area (Å²) in [5, 5.41) is 11.4. The summed E-state index contributed by atoms with van der Waals surface area (Å²) in [6, 6.07) is 15.0. The zero-order chi connectivity index (χ0) is 25.3. The lowest BCUT2D eigenvalue weighted by atomic mass is 9.84. The Morgan fingerprint density at radius 2 is 1.80 bits per heavy atom. The van der Waals surface area contributed by atoms with Gasteiger partial charge in [0, 0.05) is 17.7 Å². The standard InChI is InChI=1S/C28H29NO6/c1-28(2,3)20-15-18(11-12-21(20)34-5)25(30)23-24(22-10-7-13-35-22)29(27(32)26(23)31)16-17-8-6-9-19(14-17)33-4/h6-15,24,30H,16H2,1-5H3/b25-23-. The predicted octanol–water partition coefficient (Wildman–Crippen LogP) is 5.22. The Morgan fingerprint density at radius 1 is 1.03 bits per heavy atom. The quantitative estimate of drug-likeness (QED) is 0.299. The number of rotatable bonds is 6. The zero-order valence-electron chi connectivity index (χ0n) is 20.5. The Kier molecular flexibility index (Phi) is 6.43. The number of ether oxygens (including phenoxy) is 2. The van der Waals surface area contributed by atoms with Crippen molar-refractivity contribution in [1.29, 1.82) is 0 Å². The van der Waals surface area contributed by atoms with Crippen LogP contribution >= 0.6 is 0 Å². The summed E-state index contributed by atoms with van der Waals surface area (Å²) < 4.78 is 16.4. The van der Waals surface area contributed by atoms with Crippen molar-refractivity contribution in [2.75, 3.05) is 14.2 Å². The van der Waals surface area contributed by atoms with Crippen molar-refractivity contribution >= 4 is 17.4 Å². The molecule has 1 saturated heterocycles. The Morgan fingerprint density at radius 3 is 2.43 bits per heavy atom. The molecule has 1 fully saturated rings. The van der Waals surface area contributed by atoms with E-state index in [0.717, 1.165) is 11.1 Å². The van der Waals surface area contributed by atoms with E-state index in [9.17, 15) is 14.7 Å². The van der Waals surface area contributed by atoms with E-state index in [-0.39, 0.29) is 23.3 Å². The highest BCUT2D eigenvalue weighted by Gasteiger charge is 2.47. The molecule has 2 aromatic carbocycles. The van der Waals surface area contributed by atoms with Gasteiger partial charge in [-0.1, -0.05) is 32.9 Å². The fourth-order valence-corrected chi connectivity index (χ4v) is 4.35. The molecule has 1 aromatic heterocycles. The molecule has 1 N–H and O–H groups in total. The van der Waals surface area contributed by atoms with Crippen molar-refractivity contribution < 1.29 is 28.6 Å². The average Bonchev–Trinajstić information content (AvgIpc) is 3.45. The third kappa shape index (κ3) is 4.54. The summed E-state index contributed by atoms with van der Waals surface area (Å²) in [5.41, 5.74) is 1.77. The van der Waals surface area contributed by atoms with E-state index in [1.807, 2.05) is 32.9 Å². The number of aliphatic hydroxyl groups excluding tert-OH is 1. The maximum Gasteiger partial charge on any atom is 0.296 e. The molecule has 0 spiro atoms. The second kappa shape index (κ2) is 9.33. The molecule has 1 unspecified atom stereocenters. The summed E-state index contributed by atoms with van der Waals surface area (Å²) in [7, 11) is 3.15. The van der Waals surface area contributed by atoms with E-state index >= 15 is 0 Å². The van der Waals surface area contributed by atoms with Gasteiger partial charge in [0.15, 0.2) is 0 Å². The van der Waals surface area contributed by atoms with Crippen LogP contribution in [0.4, 0.5) is 0 Å². The molecule has 0 saturated carbocycles. The molecule has 182 valence electrons. The molecule has 7 nitrogen and oxygen atoms in total. The first-order chi connectivity index (χ1) is 16.7. The van der Waals surface area contributed by atoms with Crippen LogP contribution in [0.1, 0.15) is 49.3 Å². The molecule has 1 amide bonds. The summed E-state index contributed by atoms with van der Waals surface area (Å²) in [4.78, 5) is 27.8. The lowest BCUT2D eigenvalue weighted by Gasteiger charge is -2.24. The van der Waals surface area contributed by atoms with Gasteiger partial charge in [0.1, 0.15) is 29.1 Å². The van der Waals surface area contributed by atoms with Gasteiger partial charge in [-0.05, 0) is 53.4 Å². The molecular weight excluding hydrogens is 446 g/mol. The monoisotopic (exact) mass is 475 g/mol. The largest absolute Gasteiger partial charge is 0.507 e. The number of carbonyl (C=O) groups excluding carboxylic acids is 2. The first kappa shape index (κ1) is 24.1. The van der Waals surface area contributed by atoms with Gasteiger partial charge in [0.25, 0.3) is 11.7 Å². The number of likely N-dealkylation sites (tertiary alicyclic amines) is 1. The lowest BCUT2D eigenvalue weighted by Crippen LogP contribution is -2.29. The molecule has 0 radical (unpaired) electrons. The van der Waals surface area contributed by atoms with Crippen molar-refractivity contribution in [3.05, 3.63) is 88.9 Å². The van der Waals surface area contributed by atoms with Crippen LogP contribution in [0.15, 0.2) is 70.9 Å². The van der Waals surface area contributed by atoms with Gasteiger partial charge < -0.3 is 23.9 Å². The summed E-state index contributed by atoms with van der Waals surface area (Å²) >= 11 is 0. The first-order valence-corrected chi connectivity index (χ1v) is 11.3. The van der Waals surface area contributed by atoms with Crippen molar-refractivity contribution in [1.82, 2.24) is 4.90 Å². The number of hydrogen-bond acceptors (Lipinski definition) is 6. The number of amides is 1. The Balaban J connectivity index is 1.84. The summed E-state index contributed by atoms with van der Waals surface area (Å²) in [6.07, 6.45) is 1.48. The number of nitrogens with zero attached hydrogens (tertiary/aromatic N) is 1. The van der Waals surface area contributed by atoms with E-state index in [1.54, 1.807) is 56.7 Å². The fourth-order valence-electron chi connectivity index (χ4n) is 4.35. The Bertz CT molecular complexity index is 1280. The van der Waals surface area contributed by atoms with Gasteiger partial charge in [0.05, 0.1) is 26.1 Å². The highest BCUT2D eigenvalue weighted by Crippen LogP contribution is 2.42. The molecule has 1 atom stereocenters. The van der Waals surface area contributed by atoms with Crippen LogP contribution in [0.25, 0.3) is 5.76 Å². The van der Waals surface area contributed by atoms with Crippen LogP contribution < -0.4 is 9.47 Å². The van der Waals surface area contributed by atoms with E-state index in [2.05, 4.69) is 0 Å². The number of methoxy groups -OCH3 is 2. The molecule has 35 heavy (non-hydrogen) atoms. The van der Waals surface area contributed by atoms with E-state index in [4.69, 9.17) is 13.9 Å². The molecule has 4 rings (SSSR count). The van der Waals surface area contributed by atoms with Crippen molar-refractivity contribution in [2.45, 2.75) is 38.8 Å². The number of hydrogen-bond donors (Lipinski definition) is 1. The maximum atomic E-state index is 13.3. The lowest BCUT2D eigenvalue weighted by molar-refractivity contribution is -0.140. The van der Waals surface area contributed by atoms with Crippen LogP contribution in [0.5, 0.6) is 11.5 Å². The summed E-state index contributed by atoms with van der Waals surface area (Å²) in [6.45, 7) is 6.24. The fraction of sp³-hybridized carbons (Fsp3) is 0.286. The van der Waals surface area contributed by atoms with Crippen LogP contribution in [-0.2, 0) is 21.5 Å². The SMILES string of the molecule is COc1cccc(CN2C(=O)C(=O)/C(=C(\O)c3ccc(OC)c(C(C)(C)C)c3)C2c2ccco2)c1. The minimum Gasteiger partial charge on any atom is -0.507 e. The summed E-state index contributed by atoms with van der Waals surface area (Å²) in [5.74, 6) is -0.0267. The number of ketones is 1. The minimum atomic E-state index is -0.878. The molecule has 1 aliphatic rings. The molecule has 3 aromatic rings. The van der Waals surface area contributed by atoms with E-state index < -0.39 is 17.7 Å². The van der Waals surface area contributed by atoms with Gasteiger partial charge in [-0.25, -0.2) is 0 Å². The van der Waals surface area contributed by atoms with Gasteiger partial charge >= 0.3 is 0 Å². The Hall–Kier alpha value is -4.00. The zero-order valence-corrected chi connectivity index (χ0v) is 20.5. The molecule has 0 aliphatic carbocycles. The van der Waals surface area contributed by atoms with Gasteiger partial charge in [-0.2, -0.15) is 0 Å². The van der Waals surface area contributed by atoms with Crippen LogP contribution in [0, 0.1) is 0 Å². The van der Waals surface area contributed by atoms with Crippen molar-refractivity contribution in [3.8, 4) is 11.5 Å². The van der Waals surface area contributed by atoms with E-state index in [0.29, 0.717) is 22.8 Å². The highest BCUT2D eigenvalue weighted by atomic mass is 16.5. The van der Waals surface area contributed by atoms with Crippen LogP contribution in [0.2, 0.25) is 0 Å². The maximum absolute atomic E-state index is 13.3. The molecule has 1 aliphatic heterocycles. The normalized spacial score (nSPS) is 17.6. The number of carbonyl (C=O) groups is 2. The predicted molar refractivity (Wildman–Crippen MR) is 131 cm³/mol. The number of furan rings is 1. The average molecular weight is 476 g/mol. The third-order valence-corrected chi connectivity index (χ3v) is 6.12. The van der Waals surface area contributed by atoms with Crippen LogP contribution in [0.3, 0.4) is 0 Å². The molecule has 7 heteroatoms. The van der Waals surface area contributed by atoms with Crippen molar-refractivity contribution in [3.63, 3.8) is 0 Å². The second-order valence-electron chi connectivity index (χ2n) is 9.46. The number of benzene rings is 2. The smallest absolute Gasteiger partial charge is 0.296 e. The Labute approximate surface area is 204 Å². The van der Waals surface area contributed by atoms with Crippen LogP contribution in [-0.4, -0.2) is 35.9 Å². The first-order valence-electron chi connectivity index (χ1n) is 11.3. The number of aliphatic hydroxyl groups is 1. The van der Waals surface area contributed by atoms with Gasteiger partial charge in [-0.3, -0.25) is 9.59 Å². The molecule has 2 heterocycles. The van der Waals surface area contributed by atoms with Gasteiger partial charge in [-0.15, -0.1) is 0 Å². The molecular formula is C28H29NO6. The minimum absolute atomic E-state index is 0.0159.